The zero-order valence-electron chi connectivity index (χ0n) is 10.7. The van der Waals surface area contributed by atoms with E-state index in [-0.39, 0.29) is 6.61 Å². The molecule has 17 heavy (non-hydrogen) atoms. The van der Waals surface area contributed by atoms with E-state index in [2.05, 4.69) is 18.7 Å². The lowest BCUT2D eigenvalue weighted by Gasteiger charge is -2.23. The van der Waals surface area contributed by atoms with Crippen molar-refractivity contribution in [3.8, 4) is 5.75 Å². The number of aliphatic hydroxyl groups is 2. The fraction of sp³-hybridized carbons (Fsp3) is 0.538. The predicted molar refractivity (Wildman–Crippen MR) is 68.6 cm³/mol. The monoisotopic (exact) mass is 239 g/mol. The molecule has 0 aliphatic carbocycles. The van der Waals surface area contributed by atoms with Crippen molar-refractivity contribution >= 4 is 5.69 Å². The fourth-order valence-electron chi connectivity index (χ4n) is 1.86. The highest BCUT2D eigenvalue weighted by molar-refractivity contribution is 5.54. The lowest BCUT2D eigenvalue weighted by molar-refractivity contribution is 0.0933. The molecular formula is C13H21NO3. The molecular weight excluding hydrogens is 218 g/mol. The van der Waals surface area contributed by atoms with Gasteiger partial charge in [0.15, 0.2) is 0 Å². The third kappa shape index (κ3) is 3.11. The summed E-state index contributed by atoms with van der Waals surface area (Å²) < 4.78 is 5.25. The van der Waals surface area contributed by atoms with E-state index in [0.29, 0.717) is 11.3 Å². The number of methoxy groups -OCH3 is 1. The molecule has 1 atom stereocenters. The van der Waals surface area contributed by atoms with Crippen LogP contribution in [-0.4, -0.2) is 37.0 Å². The maximum Gasteiger partial charge on any atom is 0.126 e. The Morgan fingerprint density at radius 2 is 1.94 bits per heavy atom. The molecule has 0 heterocycles. The molecule has 0 radical (unpaired) electrons. The van der Waals surface area contributed by atoms with E-state index in [1.165, 1.54) is 0 Å². The third-order valence-electron chi connectivity index (χ3n) is 2.88. The molecule has 0 amide bonds. The van der Waals surface area contributed by atoms with Crippen molar-refractivity contribution in [1.29, 1.82) is 0 Å². The summed E-state index contributed by atoms with van der Waals surface area (Å²) in [5, 5.41) is 18.6. The summed E-state index contributed by atoms with van der Waals surface area (Å²) in [6.45, 7) is 5.71. The Hall–Kier alpha value is -1.26. The van der Waals surface area contributed by atoms with Gasteiger partial charge in [-0.3, -0.25) is 0 Å². The van der Waals surface area contributed by atoms with Gasteiger partial charge in [-0.25, -0.2) is 0 Å². The van der Waals surface area contributed by atoms with Gasteiger partial charge in [-0.15, -0.1) is 0 Å². The second-order valence-electron chi connectivity index (χ2n) is 3.80. The summed E-state index contributed by atoms with van der Waals surface area (Å²) >= 11 is 0. The van der Waals surface area contributed by atoms with Gasteiger partial charge in [0.2, 0.25) is 0 Å². The van der Waals surface area contributed by atoms with Gasteiger partial charge in [-0.2, -0.15) is 0 Å². The fourth-order valence-corrected chi connectivity index (χ4v) is 1.86. The van der Waals surface area contributed by atoms with Crippen LogP contribution in [0.15, 0.2) is 18.2 Å². The van der Waals surface area contributed by atoms with E-state index >= 15 is 0 Å². The first kappa shape index (κ1) is 13.8. The molecule has 96 valence electrons. The summed E-state index contributed by atoms with van der Waals surface area (Å²) in [7, 11) is 1.56. The van der Waals surface area contributed by atoms with Crippen LogP contribution in [0.4, 0.5) is 5.69 Å². The van der Waals surface area contributed by atoms with Crippen molar-refractivity contribution in [3.05, 3.63) is 23.8 Å². The molecule has 0 aromatic heterocycles. The van der Waals surface area contributed by atoms with Crippen LogP contribution in [-0.2, 0) is 0 Å². The minimum Gasteiger partial charge on any atom is -0.496 e. The molecule has 0 saturated carbocycles. The smallest absolute Gasteiger partial charge is 0.126 e. The summed E-state index contributed by atoms with van der Waals surface area (Å²) in [5.41, 5.74) is 1.67. The van der Waals surface area contributed by atoms with Crippen LogP contribution >= 0.6 is 0 Å². The number of benzene rings is 1. The van der Waals surface area contributed by atoms with Crippen molar-refractivity contribution < 1.29 is 14.9 Å². The first-order valence-electron chi connectivity index (χ1n) is 5.89. The highest BCUT2D eigenvalue weighted by Crippen LogP contribution is 2.29. The van der Waals surface area contributed by atoms with E-state index in [1.54, 1.807) is 13.2 Å². The Balaban J connectivity index is 3.07. The summed E-state index contributed by atoms with van der Waals surface area (Å²) in [6.07, 6.45) is -0.893. The quantitative estimate of drug-likeness (QED) is 0.791. The number of hydrogen-bond acceptors (Lipinski definition) is 4. The summed E-state index contributed by atoms with van der Waals surface area (Å²) in [6, 6.07) is 5.62. The minimum atomic E-state index is -0.893. The normalized spacial score (nSPS) is 12.3. The van der Waals surface area contributed by atoms with Crippen molar-refractivity contribution in [1.82, 2.24) is 0 Å². The van der Waals surface area contributed by atoms with Gasteiger partial charge in [0.25, 0.3) is 0 Å². The number of rotatable bonds is 6. The molecule has 1 rings (SSSR count). The van der Waals surface area contributed by atoms with Gasteiger partial charge in [0.1, 0.15) is 11.9 Å². The largest absolute Gasteiger partial charge is 0.496 e. The Labute approximate surface area is 102 Å². The first-order chi connectivity index (χ1) is 8.17. The molecule has 2 N–H and O–H groups in total. The van der Waals surface area contributed by atoms with Gasteiger partial charge in [-0.05, 0) is 19.9 Å². The second-order valence-corrected chi connectivity index (χ2v) is 3.80. The van der Waals surface area contributed by atoms with E-state index in [9.17, 15) is 5.11 Å². The van der Waals surface area contributed by atoms with Gasteiger partial charge in [-0.1, -0.05) is 6.07 Å². The van der Waals surface area contributed by atoms with Crippen LogP contribution in [0.2, 0.25) is 0 Å². The van der Waals surface area contributed by atoms with Crippen LogP contribution in [0.25, 0.3) is 0 Å². The molecule has 4 nitrogen and oxygen atoms in total. The number of nitrogens with zero attached hydrogens (tertiary/aromatic N) is 1. The third-order valence-corrected chi connectivity index (χ3v) is 2.88. The van der Waals surface area contributed by atoms with E-state index in [0.717, 1.165) is 18.8 Å². The lowest BCUT2D eigenvalue weighted by Crippen LogP contribution is -2.21. The van der Waals surface area contributed by atoms with Gasteiger partial charge in [0.05, 0.1) is 13.7 Å². The number of ether oxygens (including phenoxy) is 1. The Kier molecular flexibility index (Phi) is 5.25. The maximum absolute atomic E-state index is 9.64. The molecule has 4 heteroatoms. The highest BCUT2D eigenvalue weighted by atomic mass is 16.5. The van der Waals surface area contributed by atoms with Gasteiger partial charge < -0.3 is 19.8 Å². The van der Waals surface area contributed by atoms with Crippen molar-refractivity contribution in [2.75, 3.05) is 31.7 Å². The highest BCUT2D eigenvalue weighted by Gasteiger charge is 2.14. The maximum atomic E-state index is 9.64. The van der Waals surface area contributed by atoms with Crippen molar-refractivity contribution in [2.45, 2.75) is 20.0 Å². The molecule has 0 bridgehead atoms. The lowest BCUT2D eigenvalue weighted by atomic mass is 10.1. The van der Waals surface area contributed by atoms with Crippen LogP contribution in [0.5, 0.6) is 5.75 Å². The van der Waals surface area contributed by atoms with Crippen LogP contribution < -0.4 is 9.64 Å². The molecule has 1 unspecified atom stereocenters. The van der Waals surface area contributed by atoms with Crippen LogP contribution in [0.1, 0.15) is 25.5 Å². The Bertz CT molecular complexity index is 351. The average molecular weight is 239 g/mol. The van der Waals surface area contributed by atoms with E-state index in [4.69, 9.17) is 9.84 Å². The molecule has 1 aromatic rings. The van der Waals surface area contributed by atoms with Crippen molar-refractivity contribution in [3.63, 3.8) is 0 Å². The number of aliphatic hydroxyl groups excluding tert-OH is 2. The molecule has 0 saturated heterocycles. The Morgan fingerprint density at radius 1 is 1.29 bits per heavy atom. The topological polar surface area (TPSA) is 52.9 Å². The minimum absolute atomic E-state index is 0.305. The standard InChI is InChI=1S/C13H21NO3/c1-4-14(5-2)10-6-7-11(12(16)9-15)13(8-10)17-3/h6-8,12,15-16H,4-5,9H2,1-3H3. The number of hydrogen-bond donors (Lipinski definition) is 2. The van der Waals surface area contributed by atoms with Gasteiger partial charge >= 0.3 is 0 Å². The number of anilines is 1. The zero-order valence-corrected chi connectivity index (χ0v) is 10.7. The first-order valence-corrected chi connectivity index (χ1v) is 5.89. The summed E-state index contributed by atoms with van der Waals surface area (Å²) in [4.78, 5) is 2.19. The summed E-state index contributed by atoms with van der Waals surface area (Å²) in [5.74, 6) is 0.607. The molecule has 0 aliphatic heterocycles. The second kappa shape index (κ2) is 6.47. The van der Waals surface area contributed by atoms with E-state index in [1.807, 2.05) is 12.1 Å². The van der Waals surface area contributed by atoms with Crippen LogP contribution in [0.3, 0.4) is 0 Å². The zero-order chi connectivity index (χ0) is 12.8. The molecule has 0 aliphatic rings. The Morgan fingerprint density at radius 3 is 2.41 bits per heavy atom. The SMILES string of the molecule is CCN(CC)c1ccc(C(O)CO)c(OC)c1. The average Bonchev–Trinajstić information content (AvgIpc) is 2.39. The van der Waals surface area contributed by atoms with Crippen LogP contribution in [0, 0.1) is 0 Å². The van der Waals surface area contributed by atoms with E-state index < -0.39 is 6.10 Å². The van der Waals surface area contributed by atoms with Gasteiger partial charge in [0, 0.05) is 30.4 Å². The molecule has 0 spiro atoms. The molecule has 0 fully saturated rings. The molecule has 1 aromatic carbocycles. The van der Waals surface area contributed by atoms with Crippen molar-refractivity contribution in [2.24, 2.45) is 0 Å². The predicted octanol–water partition coefficient (Wildman–Crippen LogP) is 1.57.